The molecule has 1 aliphatic rings. The number of carbonyl (C=O) groups excluding carboxylic acids is 1. The Morgan fingerprint density at radius 2 is 2.35 bits per heavy atom. The highest BCUT2D eigenvalue weighted by atomic mass is 16.5. The average Bonchev–Trinajstić information content (AvgIpc) is 2.68. The van der Waals surface area contributed by atoms with Crippen LogP contribution in [0.2, 0.25) is 0 Å². The molecule has 1 aliphatic carbocycles. The first-order chi connectivity index (χ1) is 8.05. The fourth-order valence-electron chi connectivity index (χ4n) is 1.91. The van der Waals surface area contributed by atoms with E-state index in [0.717, 1.165) is 19.3 Å². The van der Waals surface area contributed by atoms with Gasteiger partial charge < -0.3 is 14.9 Å². The number of hydrogen-bond acceptors (Lipinski definition) is 5. The van der Waals surface area contributed by atoms with Crippen LogP contribution in [0, 0.1) is 12.3 Å². The maximum atomic E-state index is 12.0. The Morgan fingerprint density at radius 3 is 2.76 bits per heavy atom. The van der Waals surface area contributed by atoms with E-state index in [-0.39, 0.29) is 23.8 Å². The van der Waals surface area contributed by atoms with Crippen molar-refractivity contribution in [2.24, 2.45) is 5.41 Å². The molecule has 1 aromatic heterocycles. The summed E-state index contributed by atoms with van der Waals surface area (Å²) in [7, 11) is 0. The quantitative estimate of drug-likeness (QED) is 0.808. The van der Waals surface area contributed by atoms with E-state index >= 15 is 0 Å². The molecular weight excluding hydrogens is 222 g/mol. The van der Waals surface area contributed by atoms with Gasteiger partial charge in [0.25, 0.3) is 5.89 Å². The predicted octanol–water partition coefficient (Wildman–Crippen LogP) is 0.718. The van der Waals surface area contributed by atoms with Gasteiger partial charge in [0.2, 0.25) is 5.91 Å². The standard InChI is InChI=1S/C11H17N3O3/c1-7-12-9(17-14-7)8(6-15)13-10(16)11(2)4-3-5-11/h8,15H,3-6H2,1-2H3,(H,13,16). The van der Waals surface area contributed by atoms with Crippen LogP contribution in [-0.2, 0) is 4.79 Å². The number of aromatic nitrogens is 2. The molecule has 1 unspecified atom stereocenters. The molecule has 2 N–H and O–H groups in total. The maximum Gasteiger partial charge on any atom is 0.251 e. The highest BCUT2D eigenvalue weighted by Crippen LogP contribution is 2.40. The molecule has 0 spiro atoms. The average molecular weight is 239 g/mol. The van der Waals surface area contributed by atoms with Crippen LogP contribution in [0.3, 0.4) is 0 Å². The van der Waals surface area contributed by atoms with E-state index in [2.05, 4.69) is 15.5 Å². The number of hydrogen-bond donors (Lipinski definition) is 2. The van der Waals surface area contributed by atoms with E-state index in [9.17, 15) is 9.90 Å². The van der Waals surface area contributed by atoms with Gasteiger partial charge in [-0.1, -0.05) is 18.5 Å². The van der Waals surface area contributed by atoms with Crippen LogP contribution in [0.4, 0.5) is 0 Å². The highest BCUT2D eigenvalue weighted by Gasteiger charge is 2.40. The van der Waals surface area contributed by atoms with E-state index < -0.39 is 6.04 Å². The van der Waals surface area contributed by atoms with Gasteiger partial charge in [0.15, 0.2) is 5.82 Å². The summed E-state index contributed by atoms with van der Waals surface area (Å²) >= 11 is 0. The van der Waals surface area contributed by atoms with Gasteiger partial charge in [-0.05, 0) is 19.8 Å². The number of rotatable bonds is 4. The lowest BCUT2D eigenvalue weighted by Gasteiger charge is -2.37. The Hall–Kier alpha value is -1.43. The molecule has 1 aromatic rings. The first kappa shape index (κ1) is 12.0. The van der Waals surface area contributed by atoms with E-state index in [1.54, 1.807) is 6.92 Å². The minimum Gasteiger partial charge on any atom is -0.394 e. The summed E-state index contributed by atoms with van der Waals surface area (Å²) in [4.78, 5) is 16.0. The van der Waals surface area contributed by atoms with Crippen LogP contribution >= 0.6 is 0 Å². The van der Waals surface area contributed by atoms with Gasteiger partial charge in [0.05, 0.1) is 6.61 Å². The van der Waals surface area contributed by atoms with Gasteiger partial charge in [-0.15, -0.1) is 0 Å². The van der Waals surface area contributed by atoms with Crippen LogP contribution in [0.5, 0.6) is 0 Å². The minimum absolute atomic E-state index is 0.0568. The first-order valence-corrected chi connectivity index (χ1v) is 5.77. The summed E-state index contributed by atoms with van der Waals surface area (Å²) in [5, 5.41) is 15.6. The molecular formula is C11H17N3O3. The maximum absolute atomic E-state index is 12.0. The van der Waals surface area contributed by atoms with Crippen LogP contribution < -0.4 is 5.32 Å². The van der Waals surface area contributed by atoms with E-state index in [4.69, 9.17) is 4.52 Å². The van der Waals surface area contributed by atoms with Crippen molar-refractivity contribution in [3.63, 3.8) is 0 Å². The fourth-order valence-corrected chi connectivity index (χ4v) is 1.91. The van der Waals surface area contributed by atoms with Gasteiger partial charge in [0, 0.05) is 5.41 Å². The number of nitrogens with zero attached hydrogens (tertiary/aromatic N) is 2. The van der Waals surface area contributed by atoms with Crippen molar-refractivity contribution >= 4 is 5.91 Å². The number of aryl methyl sites for hydroxylation is 1. The Labute approximate surface area is 99.4 Å². The third-order valence-corrected chi connectivity index (χ3v) is 3.33. The predicted molar refractivity (Wildman–Crippen MR) is 59.0 cm³/mol. The normalized spacial score (nSPS) is 19.5. The molecule has 0 aliphatic heterocycles. The van der Waals surface area contributed by atoms with Gasteiger partial charge in [0.1, 0.15) is 6.04 Å². The third-order valence-electron chi connectivity index (χ3n) is 3.33. The van der Waals surface area contributed by atoms with Crippen LogP contribution in [0.1, 0.15) is 43.9 Å². The molecule has 1 amide bonds. The van der Waals surface area contributed by atoms with Crippen molar-refractivity contribution in [3.8, 4) is 0 Å². The van der Waals surface area contributed by atoms with Crippen LogP contribution in [0.25, 0.3) is 0 Å². The Morgan fingerprint density at radius 1 is 1.65 bits per heavy atom. The van der Waals surface area contributed by atoms with Crippen LogP contribution in [0.15, 0.2) is 4.52 Å². The van der Waals surface area contributed by atoms with Gasteiger partial charge in [-0.2, -0.15) is 4.98 Å². The molecule has 1 atom stereocenters. The van der Waals surface area contributed by atoms with E-state index in [0.29, 0.717) is 5.82 Å². The SMILES string of the molecule is Cc1noc(C(CO)NC(=O)C2(C)CCC2)n1. The summed E-state index contributed by atoms with van der Waals surface area (Å²) in [5.41, 5.74) is -0.303. The van der Waals surface area contributed by atoms with Crippen molar-refractivity contribution in [1.82, 2.24) is 15.5 Å². The molecule has 1 fully saturated rings. The third kappa shape index (κ3) is 2.31. The zero-order valence-corrected chi connectivity index (χ0v) is 10.1. The zero-order chi connectivity index (χ0) is 12.5. The Kier molecular flexibility index (Phi) is 3.15. The summed E-state index contributed by atoms with van der Waals surface area (Å²) < 4.78 is 4.95. The van der Waals surface area contributed by atoms with Gasteiger partial charge in [-0.3, -0.25) is 4.79 Å². The molecule has 6 nitrogen and oxygen atoms in total. The summed E-state index contributed by atoms with van der Waals surface area (Å²) in [6.45, 7) is 3.37. The number of nitrogens with one attached hydrogen (secondary N) is 1. The molecule has 6 heteroatoms. The van der Waals surface area contributed by atoms with E-state index in [1.807, 2.05) is 6.92 Å². The second kappa shape index (κ2) is 4.44. The number of amides is 1. The lowest BCUT2D eigenvalue weighted by atomic mass is 9.70. The Balaban J connectivity index is 2.02. The van der Waals surface area contributed by atoms with Crippen molar-refractivity contribution in [3.05, 3.63) is 11.7 Å². The lowest BCUT2D eigenvalue weighted by Crippen LogP contribution is -2.45. The minimum atomic E-state index is -0.610. The van der Waals surface area contributed by atoms with Crippen LogP contribution in [-0.4, -0.2) is 27.8 Å². The molecule has 94 valence electrons. The lowest BCUT2D eigenvalue weighted by molar-refractivity contribution is -0.136. The number of aliphatic hydroxyl groups excluding tert-OH is 1. The molecule has 0 bridgehead atoms. The molecule has 0 saturated heterocycles. The molecule has 0 aromatic carbocycles. The molecule has 2 rings (SSSR count). The largest absolute Gasteiger partial charge is 0.394 e. The van der Waals surface area contributed by atoms with Crippen molar-refractivity contribution < 1.29 is 14.4 Å². The summed E-state index contributed by atoms with van der Waals surface area (Å²) in [6, 6.07) is -0.610. The van der Waals surface area contributed by atoms with Crippen molar-refractivity contribution in [1.29, 1.82) is 0 Å². The van der Waals surface area contributed by atoms with E-state index in [1.165, 1.54) is 0 Å². The second-order valence-corrected chi connectivity index (χ2v) is 4.80. The smallest absolute Gasteiger partial charge is 0.251 e. The topological polar surface area (TPSA) is 88.3 Å². The second-order valence-electron chi connectivity index (χ2n) is 4.80. The number of aliphatic hydroxyl groups is 1. The van der Waals surface area contributed by atoms with Gasteiger partial charge in [-0.25, -0.2) is 0 Å². The Bertz CT molecular complexity index is 412. The van der Waals surface area contributed by atoms with Crippen molar-refractivity contribution in [2.45, 2.75) is 39.2 Å². The molecule has 1 heterocycles. The summed E-state index contributed by atoms with van der Waals surface area (Å²) in [5.74, 6) is 0.683. The molecule has 1 saturated carbocycles. The summed E-state index contributed by atoms with van der Waals surface area (Å²) in [6.07, 6.45) is 2.85. The highest BCUT2D eigenvalue weighted by molar-refractivity contribution is 5.83. The van der Waals surface area contributed by atoms with Crippen molar-refractivity contribution in [2.75, 3.05) is 6.61 Å². The molecule has 17 heavy (non-hydrogen) atoms. The van der Waals surface area contributed by atoms with Gasteiger partial charge >= 0.3 is 0 Å². The number of carbonyl (C=O) groups is 1. The molecule has 0 radical (unpaired) electrons. The zero-order valence-electron chi connectivity index (χ0n) is 10.1. The first-order valence-electron chi connectivity index (χ1n) is 5.77. The monoisotopic (exact) mass is 239 g/mol. The fraction of sp³-hybridized carbons (Fsp3) is 0.727.